The average Bonchev–Trinajstić information content (AvgIpc) is 2.69. The zero-order valence-corrected chi connectivity index (χ0v) is 15.9. The molecule has 1 amide bonds. The van der Waals surface area contributed by atoms with Crippen molar-refractivity contribution >= 4 is 15.9 Å². The maximum Gasteiger partial charge on any atom is 0.287 e. The highest BCUT2D eigenvalue weighted by Crippen LogP contribution is 2.23. The zero-order chi connectivity index (χ0) is 19.4. The van der Waals surface area contributed by atoms with Crippen molar-refractivity contribution in [3.05, 3.63) is 53.5 Å². The number of amides is 1. The summed E-state index contributed by atoms with van der Waals surface area (Å²) in [6.45, 7) is 1.53. The topological polar surface area (TPSA) is 88.2 Å². The SMILES string of the molecule is Cc1cc(-c2ccccc2)nc(C(=O)NNS(=O)(=O)C2CCCCC2)c1F. The van der Waals surface area contributed by atoms with Gasteiger partial charge in [0.15, 0.2) is 11.5 Å². The number of sulfonamides is 1. The highest BCUT2D eigenvalue weighted by Gasteiger charge is 2.28. The second kappa shape index (κ2) is 8.14. The van der Waals surface area contributed by atoms with E-state index in [1.54, 1.807) is 18.2 Å². The minimum Gasteiger partial charge on any atom is -0.272 e. The lowest BCUT2D eigenvalue weighted by Crippen LogP contribution is -2.46. The Balaban J connectivity index is 1.79. The lowest BCUT2D eigenvalue weighted by atomic mass is 10.0. The first-order valence-electron chi connectivity index (χ1n) is 8.92. The van der Waals surface area contributed by atoms with E-state index in [0.29, 0.717) is 18.5 Å². The van der Waals surface area contributed by atoms with Gasteiger partial charge >= 0.3 is 0 Å². The molecule has 27 heavy (non-hydrogen) atoms. The van der Waals surface area contributed by atoms with Crippen LogP contribution in [0.3, 0.4) is 0 Å². The number of nitrogens with zero attached hydrogens (tertiary/aromatic N) is 1. The minimum absolute atomic E-state index is 0.254. The Morgan fingerprint density at radius 3 is 2.48 bits per heavy atom. The van der Waals surface area contributed by atoms with Crippen LogP contribution in [0, 0.1) is 12.7 Å². The molecule has 1 aliphatic carbocycles. The molecule has 1 saturated carbocycles. The van der Waals surface area contributed by atoms with E-state index < -0.39 is 32.7 Å². The second-order valence-electron chi connectivity index (χ2n) is 6.71. The summed E-state index contributed by atoms with van der Waals surface area (Å²) in [5, 5.41) is -0.540. The van der Waals surface area contributed by atoms with Crippen LogP contribution in [0.1, 0.15) is 48.2 Å². The number of carbonyl (C=O) groups excluding carboxylic acids is 1. The molecule has 1 heterocycles. The number of carbonyl (C=O) groups is 1. The number of nitrogens with one attached hydrogen (secondary N) is 2. The zero-order valence-electron chi connectivity index (χ0n) is 15.0. The number of hydrazine groups is 1. The summed E-state index contributed by atoms with van der Waals surface area (Å²) < 4.78 is 39.1. The molecule has 1 aromatic heterocycles. The Hall–Kier alpha value is -2.32. The summed E-state index contributed by atoms with van der Waals surface area (Å²) in [7, 11) is -3.70. The van der Waals surface area contributed by atoms with Gasteiger partial charge in [0, 0.05) is 5.56 Å². The largest absolute Gasteiger partial charge is 0.287 e. The monoisotopic (exact) mass is 391 g/mol. The number of aromatic nitrogens is 1. The quantitative estimate of drug-likeness (QED) is 0.767. The molecule has 0 unspecified atom stereocenters. The molecule has 3 rings (SSSR count). The van der Waals surface area contributed by atoms with Crippen molar-refractivity contribution in [2.24, 2.45) is 0 Å². The number of aryl methyl sites for hydroxylation is 1. The van der Waals surface area contributed by atoms with Crippen LogP contribution in [0.25, 0.3) is 11.3 Å². The molecule has 0 spiro atoms. The van der Waals surface area contributed by atoms with Gasteiger partial charge in [0.2, 0.25) is 10.0 Å². The van der Waals surface area contributed by atoms with Crippen molar-refractivity contribution < 1.29 is 17.6 Å². The number of halogens is 1. The van der Waals surface area contributed by atoms with Crippen LogP contribution in [0.5, 0.6) is 0 Å². The van der Waals surface area contributed by atoms with Crippen LogP contribution >= 0.6 is 0 Å². The van der Waals surface area contributed by atoms with E-state index in [1.807, 2.05) is 18.2 Å². The van der Waals surface area contributed by atoms with E-state index >= 15 is 0 Å². The standard InChI is InChI=1S/C19H22FN3O3S/c1-13-12-16(14-8-4-2-5-9-14)21-18(17(13)20)19(24)22-23-27(25,26)15-10-6-3-7-11-15/h2,4-5,8-9,12,15,23H,3,6-7,10-11H2,1H3,(H,22,24). The maximum atomic E-state index is 14.4. The highest BCUT2D eigenvalue weighted by atomic mass is 32.2. The van der Waals surface area contributed by atoms with Gasteiger partial charge in [0.25, 0.3) is 5.91 Å². The van der Waals surface area contributed by atoms with Gasteiger partial charge in [0.1, 0.15) is 0 Å². The third-order valence-electron chi connectivity index (χ3n) is 4.72. The third-order valence-corrected chi connectivity index (χ3v) is 6.46. The summed E-state index contributed by atoms with van der Waals surface area (Å²) in [5.41, 5.74) is 3.09. The van der Waals surface area contributed by atoms with Gasteiger partial charge in [0.05, 0.1) is 10.9 Å². The van der Waals surface area contributed by atoms with Gasteiger partial charge in [-0.25, -0.2) is 17.8 Å². The van der Waals surface area contributed by atoms with Crippen LogP contribution in [0.15, 0.2) is 36.4 Å². The lowest BCUT2D eigenvalue weighted by Gasteiger charge is -2.22. The van der Waals surface area contributed by atoms with E-state index in [2.05, 4.69) is 15.2 Å². The average molecular weight is 391 g/mol. The lowest BCUT2D eigenvalue weighted by molar-refractivity contribution is 0.0935. The van der Waals surface area contributed by atoms with Gasteiger partial charge in [-0.05, 0) is 31.4 Å². The Morgan fingerprint density at radius 1 is 1.15 bits per heavy atom. The molecular formula is C19H22FN3O3S. The van der Waals surface area contributed by atoms with Crippen molar-refractivity contribution in [2.75, 3.05) is 0 Å². The molecule has 1 fully saturated rings. The van der Waals surface area contributed by atoms with Crippen molar-refractivity contribution in [1.82, 2.24) is 15.2 Å². The summed E-state index contributed by atoms with van der Waals surface area (Å²) in [6.07, 6.45) is 3.81. The van der Waals surface area contributed by atoms with Gasteiger partial charge < -0.3 is 0 Å². The highest BCUT2D eigenvalue weighted by molar-refractivity contribution is 7.90. The first-order valence-corrected chi connectivity index (χ1v) is 10.5. The fourth-order valence-corrected chi connectivity index (χ4v) is 4.56. The molecule has 6 nitrogen and oxygen atoms in total. The van der Waals surface area contributed by atoms with E-state index in [1.165, 1.54) is 6.92 Å². The van der Waals surface area contributed by atoms with Crippen LogP contribution in [-0.4, -0.2) is 24.6 Å². The summed E-state index contributed by atoms with van der Waals surface area (Å²) in [4.78, 5) is 18.6. The number of pyridine rings is 1. The summed E-state index contributed by atoms with van der Waals surface area (Å²) in [6, 6.07) is 10.6. The maximum absolute atomic E-state index is 14.4. The fourth-order valence-electron chi connectivity index (χ4n) is 3.20. The smallest absolute Gasteiger partial charge is 0.272 e. The molecule has 2 N–H and O–H groups in total. The van der Waals surface area contributed by atoms with Crippen molar-refractivity contribution in [3.63, 3.8) is 0 Å². The Morgan fingerprint density at radius 2 is 1.81 bits per heavy atom. The molecule has 1 aromatic carbocycles. The Bertz CT molecular complexity index is 927. The molecule has 0 saturated heterocycles. The van der Waals surface area contributed by atoms with Crippen molar-refractivity contribution in [1.29, 1.82) is 0 Å². The molecule has 2 aromatic rings. The van der Waals surface area contributed by atoms with E-state index in [-0.39, 0.29) is 5.56 Å². The number of benzene rings is 1. The summed E-state index contributed by atoms with van der Waals surface area (Å²) >= 11 is 0. The molecule has 0 radical (unpaired) electrons. The Kier molecular flexibility index (Phi) is 5.86. The van der Waals surface area contributed by atoms with E-state index in [0.717, 1.165) is 24.8 Å². The first-order chi connectivity index (χ1) is 12.9. The molecule has 0 aliphatic heterocycles. The second-order valence-corrected chi connectivity index (χ2v) is 8.68. The van der Waals surface area contributed by atoms with Crippen LogP contribution < -0.4 is 10.3 Å². The summed E-state index contributed by atoms with van der Waals surface area (Å²) in [5.74, 6) is -1.70. The van der Waals surface area contributed by atoms with E-state index in [9.17, 15) is 17.6 Å². The van der Waals surface area contributed by atoms with Gasteiger partial charge in [-0.15, -0.1) is 4.83 Å². The van der Waals surface area contributed by atoms with Crippen molar-refractivity contribution in [3.8, 4) is 11.3 Å². The van der Waals surface area contributed by atoms with Gasteiger partial charge in [-0.2, -0.15) is 0 Å². The molecule has 0 atom stereocenters. The van der Waals surface area contributed by atoms with Gasteiger partial charge in [-0.3, -0.25) is 10.2 Å². The predicted molar refractivity (Wildman–Crippen MR) is 101 cm³/mol. The van der Waals surface area contributed by atoms with Crippen LogP contribution in [-0.2, 0) is 10.0 Å². The molecule has 0 bridgehead atoms. The molecule has 144 valence electrons. The molecule has 1 aliphatic rings. The third kappa shape index (κ3) is 4.51. The molecule has 8 heteroatoms. The normalized spacial score (nSPS) is 15.5. The number of hydrogen-bond donors (Lipinski definition) is 2. The predicted octanol–water partition coefficient (Wildman–Crippen LogP) is 3.09. The van der Waals surface area contributed by atoms with Gasteiger partial charge in [-0.1, -0.05) is 49.6 Å². The first kappa shape index (κ1) is 19.4. The van der Waals surface area contributed by atoms with Crippen LogP contribution in [0.4, 0.5) is 4.39 Å². The van der Waals surface area contributed by atoms with Crippen LogP contribution in [0.2, 0.25) is 0 Å². The molecular weight excluding hydrogens is 369 g/mol. The van der Waals surface area contributed by atoms with E-state index in [4.69, 9.17) is 0 Å². The Labute approximate surface area is 158 Å². The van der Waals surface area contributed by atoms with Crippen molar-refractivity contribution in [2.45, 2.75) is 44.3 Å². The fraction of sp³-hybridized carbons (Fsp3) is 0.368. The number of hydrogen-bond acceptors (Lipinski definition) is 4. The number of rotatable bonds is 5. The minimum atomic E-state index is -3.70.